The molecule has 0 saturated carbocycles. The second-order valence-corrected chi connectivity index (χ2v) is 4.23. The predicted molar refractivity (Wildman–Crippen MR) is 67.4 cm³/mol. The number of aryl methyl sites for hydroxylation is 2. The molecule has 3 nitrogen and oxygen atoms in total. The van der Waals surface area contributed by atoms with E-state index < -0.39 is 6.09 Å². The summed E-state index contributed by atoms with van der Waals surface area (Å²) in [5.41, 5.74) is 3.55. The lowest BCUT2D eigenvalue weighted by molar-refractivity contribution is 0.187. The van der Waals surface area contributed by atoms with E-state index in [-0.39, 0.29) is 0 Å². The summed E-state index contributed by atoms with van der Waals surface area (Å²) in [7, 11) is 1.37. The van der Waals surface area contributed by atoms with Crippen molar-refractivity contribution >= 4 is 22.6 Å². The number of hydrogen-bond acceptors (Lipinski definition) is 2. The average molecular weight is 227 g/mol. The van der Waals surface area contributed by atoms with Crippen molar-refractivity contribution in [1.82, 2.24) is 0 Å². The van der Waals surface area contributed by atoms with Crippen molar-refractivity contribution in [2.24, 2.45) is 0 Å². The molecule has 0 aliphatic heterocycles. The zero-order valence-electron chi connectivity index (χ0n) is 9.62. The Morgan fingerprint density at radius 2 is 1.94 bits per heavy atom. The molecule has 86 valence electrons. The molecular weight excluding hydrogens is 214 g/mol. The van der Waals surface area contributed by atoms with Crippen LogP contribution in [0.5, 0.6) is 0 Å². The molecule has 3 heteroatoms. The van der Waals surface area contributed by atoms with Crippen LogP contribution in [0.3, 0.4) is 0 Å². The molecule has 0 radical (unpaired) electrons. The number of rotatable bonds is 1. The third kappa shape index (κ3) is 1.55. The SMILES string of the molecule is COC(=O)Nc1ccc2c3c(cccc13)CC2. The molecule has 1 amide bonds. The van der Waals surface area contributed by atoms with Gasteiger partial charge in [-0.25, -0.2) is 4.79 Å². The van der Waals surface area contributed by atoms with E-state index in [0.717, 1.165) is 23.9 Å². The second kappa shape index (κ2) is 3.77. The number of methoxy groups -OCH3 is 1. The summed E-state index contributed by atoms with van der Waals surface area (Å²) < 4.78 is 4.63. The highest BCUT2D eigenvalue weighted by molar-refractivity contribution is 6.03. The topological polar surface area (TPSA) is 38.3 Å². The molecule has 2 aromatic carbocycles. The summed E-state index contributed by atoms with van der Waals surface area (Å²) in [6.45, 7) is 0. The van der Waals surface area contributed by atoms with Gasteiger partial charge in [-0.05, 0) is 35.4 Å². The Kier molecular flexibility index (Phi) is 2.25. The van der Waals surface area contributed by atoms with Gasteiger partial charge in [0, 0.05) is 5.39 Å². The summed E-state index contributed by atoms with van der Waals surface area (Å²) in [6.07, 6.45) is 1.76. The molecular formula is C14H13NO2. The van der Waals surface area contributed by atoms with Crippen molar-refractivity contribution < 1.29 is 9.53 Å². The van der Waals surface area contributed by atoms with Crippen LogP contribution in [-0.2, 0) is 17.6 Å². The van der Waals surface area contributed by atoms with Crippen LogP contribution in [0.2, 0.25) is 0 Å². The van der Waals surface area contributed by atoms with Crippen LogP contribution in [0.25, 0.3) is 10.8 Å². The van der Waals surface area contributed by atoms with E-state index in [0.29, 0.717) is 0 Å². The lowest BCUT2D eigenvalue weighted by Gasteiger charge is -2.09. The van der Waals surface area contributed by atoms with Crippen LogP contribution in [-0.4, -0.2) is 13.2 Å². The van der Waals surface area contributed by atoms with E-state index in [4.69, 9.17) is 0 Å². The van der Waals surface area contributed by atoms with Crippen molar-refractivity contribution in [1.29, 1.82) is 0 Å². The van der Waals surface area contributed by atoms with Crippen molar-refractivity contribution in [2.75, 3.05) is 12.4 Å². The zero-order valence-corrected chi connectivity index (χ0v) is 9.62. The van der Waals surface area contributed by atoms with Gasteiger partial charge < -0.3 is 4.74 Å². The highest BCUT2D eigenvalue weighted by atomic mass is 16.5. The van der Waals surface area contributed by atoms with Gasteiger partial charge in [-0.15, -0.1) is 0 Å². The van der Waals surface area contributed by atoms with Crippen molar-refractivity contribution in [3.8, 4) is 0 Å². The summed E-state index contributed by atoms with van der Waals surface area (Å²) in [4.78, 5) is 11.3. The Hall–Kier alpha value is -2.03. The van der Waals surface area contributed by atoms with Crippen molar-refractivity contribution in [2.45, 2.75) is 12.8 Å². The molecule has 1 aliphatic rings. The zero-order chi connectivity index (χ0) is 11.8. The first-order valence-corrected chi connectivity index (χ1v) is 5.68. The smallest absolute Gasteiger partial charge is 0.411 e. The molecule has 1 N–H and O–H groups in total. The Balaban J connectivity index is 2.18. The average Bonchev–Trinajstić information content (AvgIpc) is 2.78. The molecule has 17 heavy (non-hydrogen) atoms. The van der Waals surface area contributed by atoms with Crippen LogP contribution >= 0.6 is 0 Å². The molecule has 0 bridgehead atoms. The minimum absolute atomic E-state index is 0.427. The van der Waals surface area contributed by atoms with E-state index in [2.05, 4.69) is 22.2 Å². The monoisotopic (exact) mass is 227 g/mol. The van der Waals surface area contributed by atoms with Crippen LogP contribution < -0.4 is 5.32 Å². The maximum Gasteiger partial charge on any atom is 0.411 e. The van der Waals surface area contributed by atoms with Gasteiger partial charge in [0.15, 0.2) is 0 Å². The molecule has 2 aromatic rings. The first kappa shape index (κ1) is 10.1. The minimum Gasteiger partial charge on any atom is -0.453 e. The van der Waals surface area contributed by atoms with Gasteiger partial charge in [-0.3, -0.25) is 5.32 Å². The van der Waals surface area contributed by atoms with Crippen molar-refractivity contribution in [3.05, 3.63) is 41.5 Å². The molecule has 0 atom stereocenters. The normalized spacial score (nSPS) is 12.8. The Labute approximate surface area is 99.4 Å². The number of nitrogens with one attached hydrogen (secondary N) is 1. The highest BCUT2D eigenvalue weighted by Gasteiger charge is 2.16. The lowest BCUT2D eigenvalue weighted by atomic mass is 10.0. The fraction of sp³-hybridized carbons (Fsp3) is 0.214. The van der Waals surface area contributed by atoms with Crippen LogP contribution in [0, 0.1) is 0 Å². The minimum atomic E-state index is -0.427. The molecule has 3 rings (SSSR count). The van der Waals surface area contributed by atoms with E-state index in [1.165, 1.54) is 23.6 Å². The van der Waals surface area contributed by atoms with E-state index >= 15 is 0 Å². The Bertz CT molecular complexity index is 594. The number of carbonyl (C=O) groups is 1. The fourth-order valence-corrected chi connectivity index (χ4v) is 2.52. The standard InChI is InChI=1S/C14H13NO2/c1-17-14(16)15-12-8-7-10-6-5-9-3-2-4-11(12)13(9)10/h2-4,7-8H,5-6H2,1H3,(H,15,16). The number of benzene rings is 2. The molecule has 0 spiro atoms. The molecule has 0 unspecified atom stereocenters. The number of ether oxygens (including phenoxy) is 1. The number of carbonyl (C=O) groups excluding carboxylic acids is 1. The van der Waals surface area contributed by atoms with Crippen LogP contribution in [0.4, 0.5) is 10.5 Å². The first-order valence-electron chi connectivity index (χ1n) is 5.68. The summed E-state index contributed by atoms with van der Waals surface area (Å²) in [5.74, 6) is 0. The molecule has 0 heterocycles. The number of hydrogen-bond donors (Lipinski definition) is 1. The maximum atomic E-state index is 11.3. The third-order valence-electron chi connectivity index (χ3n) is 3.30. The summed E-state index contributed by atoms with van der Waals surface area (Å²) in [5, 5.41) is 5.15. The summed E-state index contributed by atoms with van der Waals surface area (Å²) in [6, 6.07) is 10.3. The van der Waals surface area contributed by atoms with Gasteiger partial charge in [0.05, 0.1) is 12.8 Å². The summed E-state index contributed by atoms with van der Waals surface area (Å²) >= 11 is 0. The van der Waals surface area contributed by atoms with E-state index in [9.17, 15) is 4.79 Å². The van der Waals surface area contributed by atoms with Gasteiger partial charge in [0.25, 0.3) is 0 Å². The third-order valence-corrected chi connectivity index (χ3v) is 3.30. The number of anilines is 1. The molecule has 0 saturated heterocycles. The van der Waals surface area contributed by atoms with Crippen LogP contribution in [0.1, 0.15) is 11.1 Å². The highest BCUT2D eigenvalue weighted by Crippen LogP contribution is 2.34. The van der Waals surface area contributed by atoms with Gasteiger partial charge in [-0.1, -0.05) is 24.3 Å². The second-order valence-electron chi connectivity index (χ2n) is 4.23. The van der Waals surface area contributed by atoms with Gasteiger partial charge in [0.2, 0.25) is 0 Å². The quantitative estimate of drug-likeness (QED) is 0.812. The maximum absolute atomic E-state index is 11.3. The van der Waals surface area contributed by atoms with E-state index in [1.54, 1.807) is 0 Å². The Morgan fingerprint density at radius 1 is 1.18 bits per heavy atom. The molecule has 1 aliphatic carbocycles. The Morgan fingerprint density at radius 3 is 2.71 bits per heavy atom. The van der Waals surface area contributed by atoms with Gasteiger partial charge >= 0.3 is 6.09 Å². The van der Waals surface area contributed by atoms with E-state index in [1.807, 2.05) is 18.2 Å². The largest absolute Gasteiger partial charge is 0.453 e. The van der Waals surface area contributed by atoms with Gasteiger partial charge in [-0.2, -0.15) is 0 Å². The molecule has 0 aromatic heterocycles. The predicted octanol–water partition coefficient (Wildman–Crippen LogP) is 3.12. The number of amides is 1. The lowest BCUT2D eigenvalue weighted by Crippen LogP contribution is -2.11. The van der Waals surface area contributed by atoms with Gasteiger partial charge in [0.1, 0.15) is 0 Å². The fourth-order valence-electron chi connectivity index (χ4n) is 2.52. The molecule has 0 fully saturated rings. The first-order chi connectivity index (χ1) is 8.29. The van der Waals surface area contributed by atoms with Crippen molar-refractivity contribution in [3.63, 3.8) is 0 Å². The van der Waals surface area contributed by atoms with Crippen LogP contribution in [0.15, 0.2) is 30.3 Å².